The number of nitrogens with zero attached hydrogens (tertiary/aromatic N) is 5. The van der Waals surface area contributed by atoms with Gasteiger partial charge in [0.05, 0.1) is 12.2 Å². The Bertz CT molecular complexity index is 1110. The maximum absolute atomic E-state index is 12.7. The molecule has 0 N–H and O–H groups in total. The number of halogens is 1. The molecule has 0 saturated carbocycles. The van der Waals surface area contributed by atoms with Gasteiger partial charge < -0.3 is 0 Å². The maximum Gasteiger partial charge on any atom is 0.283 e. The molecule has 0 saturated heterocycles. The van der Waals surface area contributed by atoms with Gasteiger partial charge in [-0.05, 0) is 30.7 Å². The molecule has 4 rings (SSSR count). The molecular formula is C18H14ClN5O. The molecule has 7 heteroatoms. The molecule has 0 atom stereocenters. The number of hydrogen-bond donors (Lipinski definition) is 0. The molecule has 0 aliphatic rings. The van der Waals surface area contributed by atoms with Crippen molar-refractivity contribution in [3.05, 3.63) is 81.4 Å². The third-order valence-corrected chi connectivity index (χ3v) is 4.38. The number of aromatic nitrogens is 5. The van der Waals surface area contributed by atoms with Crippen molar-refractivity contribution in [2.45, 2.75) is 13.5 Å². The van der Waals surface area contributed by atoms with E-state index in [1.807, 2.05) is 49.4 Å². The fraction of sp³-hybridized carbons (Fsp3) is 0.111. The lowest BCUT2D eigenvalue weighted by atomic mass is 10.2. The average Bonchev–Trinajstić information content (AvgIpc) is 3.05. The Morgan fingerprint density at radius 3 is 2.60 bits per heavy atom. The van der Waals surface area contributed by atoms with E-state index < -0.39 is 0 Å². The van der Waals surface area contributed by atoms with E-state index in [0.717, 1.165) is 16.8 Å². The normalized spacial score (nSPS) is 11.1. The number of aryl methyl sites for hydroxylation is 1. The quantitative estimate of drug-likeness (QED) is 0.569. The van der Waals surface area contributed by atoms with Crippen molar-refractivity contribution in [2.24, 2.45) is 0 Å². The van der Waals surface area contributed by atoms with E-state index in [4.69, 9.17) is 11.6 Å². The van der Waals surface area contributed by atoms with Crippen LogP contribution in [0.1, 0.15) is 11.1 Å². The highest BCUT2D eigenvalue weighted by molar-refractivity contribution is 6.31. The zero-order chi connectivity index (χ0) is 17.4. The van der Waals surface area contributed by atoms with Crippen LogP contribution in [0.4, 0.5) is 0 Å². The lowest BCUT2D eigenvalue weighted by Gasteiger charge is -2.07. The molecule has 0 unspecified atom stereocenters. The Morgan fingerprint density at radius 2 is 1.84 bits per heavy atom. The van der Waals surface area contributed by atoms with Crippen molar-refractivity contribution >= 4 is 22.8 Å². The Labute approximate surface area is 148 Å². The van der Waals surface area contributed by atoms with Gasteiger partial charge in [-0.25, -0.2) is 4.98 Å². The smallest absolute Gasteiger partial charge is 0.283 e. The summed E-state index contributed by atoms with van der Waals surface area (Å²) in [6, 6.07) is 15.2. The highest BCUT2D eigenvalue weighted by atomic mass is 35.5. The Hall–Kier alpha value is -2.99. The van der Waals surface area contributed by atoms with Crippen molar-refractivity contribution in [1.29, 1.82) is 0 Å². The summed E-state index contributed by atoms with van der Waals surface area (Å²) in [5, 5.41) is 8.72. The molecule has 4 aromatic rings. The third kappa shape index (κ3) is 2.81. The van der Waals surface area contributed by atoms with Gasteiger partial charge in [-0.1, -0.05) is 52.7 Å². The zero-order valence-corrected chi connectivity index (χ0v) is 14.2. The Kier molecular flexibility index (Phi) is 3.82. The number of fused-ring (bicyclic) bond motifs is 1. The van der Waals surface area contributed by atoms with Gasteiger partial charge in [-0.15, -0.1) is 5.10 Å². The minimum absolute atomic E-state index is 0.232. The van der Waals surface area contributed by atoms with Gasteiger partial charge in [-0.3, -0.25) is 9.36 Å². The number of rotatable bonds is 3. The van der Waals surface area contributed by atoms with Crippen molar-refractivity contribution in [2.75, 3.05) is 0 Å². The van der Waals surface area contributed by atoms with Gasteiger partial charge in [0.15, 0.2) is 11.2 Å². The molecule has 124 valence electrons. The standard InChI is InChI=1S/C18H14ClN5O/c1-12-6-8-14(9-7-12)24-17-16(21-22-24)18(25)23(11-20-17)10-13-4-2-3-5-15(13)19/h2-9,11H,10H2,1H3. The van der Waals surface area contributed by atoms with Crippen LogP contribution in [0.5, 0.6) is 0 Å². The molecule has 0 aliphatic heterocycles. The molecular weight excluding hydrogens is 338 g/mol. The summed E-state index contributed by atoms with van der Waals surface area (Å²) in [5.74, 6) is 0. The van der Waals surface area contributed by atoms with E-state index in [0.29, 0.717) is 17.2 Å². The van der Waals surface area contributed by atoms with Gasteiger partial charge in [0.1, 0.15) is 6.33 Å². The molecule has 0 radical (unpaired) electrons. The largest absolute Gasteiger partial charge is 0.293 e. The lowest BCUT2D eigenvalue weighted by Crippen LogP contribution is -2.21. The highest BCUT2D eigenvalue weighted by Crippen LogP contribution is 2.16. The van der Waals surface area contributed by atoms with Crippen LogP contribution in [0.25, 0.3) is 16.9 Å². The second-order valence-electron chi connectivity index (χ2n) is 5.78. The molecule has 0 bridgehead atoms. The Balaban J connectivity index is 1.78. The van der Waals surface area contributed by atoms with Crippen LogP contribution >= 0.6 is 11.6 Å². The average molecular weight is 352 g/mol. The van der Waals surface area contributed by atoms with E-state index in [9.17, 15) is 4.79 Å². The summed E-state index contributed by atoms with van der Waals surface area (Å²) >= 11 is 6.17. The van der Waals surface area contributed by atoms with Crippen molar-refractivity contribution in [1.82, 2.24) is 24.5 Å². The minimum atomic E-state index is -0.247. The molecule has 0 aliphatic carbocycles. The molecule has 2 heterocycles. The molecule has 0 amide bonds. The summed E-state index contributed by atoms with van der Waals surface area (Å²) in [4.78, 5) is 17.1. The van der Waals surface area contributed by atoms with E-state index in [2.05, 4.69) is 15.3 Å². The molecule has 0 spiro atoms. The predicted octanol–water partition coefficient (Wildman–Crippen LogP) is 2.99. The molecule has 0 fully saturated rings. The lowest BCUT2D eigenvalue weighted by molar-refractivity contribution is 0.745. The molecule has 2 aromatic carbocycles. The first-order chi connectivity index (χ1) is 12.1. The van der Waals surface area contributed by atoms with Gasteiger partial charge in [-0.2, -0.15) is 4.68 Å². The van der Waals surface area contributed by atoms with Gasteiger partial charge >= 0.3 is 0 Å². The van der Waals surface area contributed by atoms with Crippen LogP contribution in [0, 0.1) is 6.92 Å². The van der Waals surface area contributed by atoms with E-state index in [-0.39, 0.29) is 11.1 Å². The fourth-order valence-electron chi connectivity index (χ4n) is 2.63. The summed E-state index contributed by atoms with van der Waals surface area (Å²) < 4.78 is 3.05. The van der Waals surface area contributed by atoms with Crippen LogP contribution in [0.15, 0.2) is 59.7 Å². The van der Waals surface area contributed by atoms with Crippen molar-refractivity contribution in [3.8, 4) is 5.69 Å². The predicted molar refractivity (Wildman–Crippen MR) is 96.2 cm³/mol. The maximum atomic E-state index is 12.7. The minimum Gasteiger partial charge on any atom is -0.293 e. The fourth-order valence-corrected chi connectivity index (χ4v) is 2.82. The molecule has 25 heavy (non-hydrogen) atoms. The molecule has 6 nitrogen and oxygen atoms in total. The monoisotopic (exact) mass is 351 g/mol. The second kappa shape index (κ2) is 6.14. The zero-order valence-electron chi connectivity index (χ0n) is 13.4. The van der Waals surface area contributed by atoms with Crippen molar-refractivity contribution in [3.63, 3.8) is 0 Å². The van der Waals surface area contributed by atoms with Crippen molar-refractivity contribution < 1.29 is 0 Å². The van der Waals surface area contributed by atoms with Crippen LogP contribution in [-0.4, -0.2) is 24.5 Å². The van der Waals surface area contributed by atoms with Crippen LogP contribution in [-0.2, 0) is 6.54 Å². The third-order valence-electron chi connectivity index (χ3n) is 4.01. The second-order valence-corrected chi connectivity index (χ2v) is 6.19. The Morgan fingerprint density at radius 1 is 1.08 bits per heavy atom. The summed E-state index contributed by atoms with van der Waals surface area (Å²) in [5.41, 5.74) is 3.22. The van der Waals surface area contributed by atoms with E-state index in [1.54, 1.807) is 10.7 Å². The van der Waals surface area contributed by atoms with Gasteiger partial charge in [0, 0.05) is 5.02 Å². The van der Waals surface area contributed by atoms with Gasteiger partial charge in [0.25, 0.3) is 5.56 Å². The van der Waals surface area contributed by atoms with Crippen LogP contribution < -0.4 is 5.56 Å². The van der Waals surface area contributed by atoms with E-state index in [1.165, 1.54) is 10.9 Å². The van der Waals surface area contributed by atoms with Gasteiger partial charge in [0.2, 0.25) is 0 Å². The highest BCUT2D eigenvalue weighted by Gasteiger charge is 2.13. The first-order valence-corrected chi connectivity index (χ1v) is 8.12. The topological polar surface area (TPSA) is 65.6 Å². The number of benzene rings is 2. The first kappa shape index (κ1) is 15.5. The first-order valence-electron chi connectivity index (χ1n) is 7.75. The van der Waals surface area contributed by atoms with E-state index >= 15 is 0 Å². The SMILES string of the molecule is Cc1ccc(-n2nnc3c(=O)n(Cc4ccccc4Cl)cnc32)cc1. The summed E-state index contributed by atoms with van der Waals surface area (Å²) in [7, 11) is 0. The number of hydrogen-bond acceptors (Lipinski definition) is 4. The van der Waals surface area contributed by atoms with Crippen LogP contribution in [0.2, 0.25) is 5.02 Å². The summed E-state index contributed by atoms with van der Waals surface area (Å²) in [6.45, 7) is 2.34. The van der Waals surface area contributed by atoms with Crippen LogP contribution in [0.3, 0.4) is 0 Å². The molecule has 2 aromatic heterocycles. The summed E-state index contributed by atoms with van der Waals surface area (Å²) in [6.07, 6.45) is 1.50.